The Labute approximate surface area is 125 Å². The van der Waals surface area contributed by atoms with E-state index in [1.807, 2.05) is 0 Å². The number of hydrogen-bond donors (Lipinski definition) is 1. The van der Waals surface area contributed by atoms with Gasteiger partial charge in [0.25, 0.3) is 5.91 Å². The summed E-state index contributed by atoms with van der Waals surface area (Å²) in [6.07, 6.45) is -4.60. The highest BCUT2D eigenvalue weighted by atomic mass is 35.5. The molecule has 1 atom stereocenters. The Bertz CT molecular complexity index is 521. The van der Waals surface area contributed by atoms with Gasteiger partial charge in [0.15, 0.2) is 0 Å². The second-order valence-electron chi connectivity index (χ2n) is 4.74. The zero-order valence-electron chi connectivity index (χ0n) is 11.2. The highest BCUT2D eigenvalue weighted by Crippen LogP contribution is 2.30. The van der Waals surface area contributed by atoms with Crippen LogP contribution < -0.4 is 5.32 Å². The van der Waals surface area contributed by atoms with E-state index in [4.69, 9.17) is 0 Å². The van der Waals surface area contributed by atoms with Gasteiger partial charge in [0, 0.05) is 25.7 Å². The number of nitrogens with zero attached hydrogens (tertiary/aromatic N) is 1. The van der Waals surface area contributed by atoms with Crippen molar-refractivity contribution in [2.45, 2.75) is 19.1 Å². The van der Waals surface area contributed by atoms with E-state index in [1.54, 1.807) is 6.92 Å². The fourth-order valence-corrected chi connectivity index (χ4v) is 2.16. The molecule has 0 unspecified atom stereocenters. The number of halogens is 5. The highest BCUT2D eigenvalue weighted by molar-refractivity contribution is 5.95. The molecule has 1 heterocycles. The smallest absolute Gasteiger partial charge is 0.333 e. The van der Waals surface area contributed by atoms with Gasteiger partial charge < -0.3 is 10.2 Å². The molecule has 1 aromatic carbocycles. The maximum Gasteiger partial charge on any atom is 0.416 e. The SMILES string of the molecule is C[C@H]1CNCCN1C(=O)c1cc(C(F)(F)F)ccc1F.Cl. The standard InChI is InChI=1S/C13H14F4N2O.ClH/c1-8-7-18-4-5-19(8)12(20)10-6-9(13(15,16)17)2-3-11(10)14;/h2-3,6,8,18H,4-5,7H2,1H3;1H/t8-;/m0./s1. The van der Waals surface area contributed by atoms with E-state index in [0.717, 1.165) is 0 Å². The number of alkyl halides is 3. The second-order valence-corrected chi connectivity index (χ2v) is 4.74. The summed E-state index contributed by atoms with van der Waals surface area (Å²) in [5, 5.41) is 3.05. The highest BCUT2D eigenvalue weighted by Gasteiger charge is 2.33. The topological polar surface area (TPSA) is 32.3 Å². The Kier molecular flexibility index (Phi) is 5.58. The van der Waals surface area contributed by atoms with Crippen molar-refractivity contribution in [1.29, 1.82) is 0 Å². The number of piperazine rings is 1. The molecule has 1 fully saturated rings. The summed E-state index contributed by atoms with van der Waals surface area (Å²) in [6.45, 7) is 3.17. The first-order valence-electron chi connectivity index (χ1n) is 6.19. The first-order valence-corrected chi connectivity index (χ1v) is 6.19. The minimum Gasteiger partial charge on any atom is -0.333 e. The van der Waals surface area contributed by atoms with Gasteiger partial charge in [0.05, 0.1) is 11.1 Å². The van der Waals surface area contributed by atoms with E-state index in [2.05, 4.69) is 5.32 Å². The van der Waals surface area contributed by atoms with Gasteiger partial charge in [0.2, 0.25) is 0 Å². The largest absolute Gasteiger partial charge is 0.416 e. The molecule has 1 saturated heterocycles. The van der Waals surface area contributed by atoms with E-state index < -0.39 is 29.0 Å². The first kappa shape index (κ1) is 17.7. The molecule has 0 aliphatic carbocycles. The van der Waals surface area contributed by atoms with Crippen LogP contribution in [0.3, 0.4) is 0 Å². The molecule has 0 aromatic heterocycles. The Hall–Kier alpha value is -1.34. The molecular weight excluding hydrogens is 312 g/mol. The molecule has 8 heteroatoms. The van der Waals surface area contributed by atoms with Crippen LogP contribution in [0.4, 0.5) is 17.6 Å². The van der Waals surface area contributed by atoms with E-state index in [9.17, 15) is 22.4 Å². The van der Waals surface area contributed by atoms with Crippen LogP contribution in [0.1, 0.15) is 22.8 Å². The van der Waals surface area contributed by atoms with Crippen molar-refractivity contribution in [3.8, 4) is 0 Å². The summed E-state index contributed by atoms with van der Waals surface area (Å²) >= 11 is 0. The van der Waals surface area contributed by atoms with Crippen LogP contribution in [0.5, 0.6) is 0 Å². The van der Waals surface area contributed by atoms with Crippen molar-refractivity contribution >= 4 is 18.3 Å². The molecule has 1 aromatic rings. The molecule has 1 amide bonds. The number of nitrogens with one attached hydrogen (secondary N) is 1. The average Bonchev–Trinajstić information content (AvgIpc) is 2.37. The lowest BCUT2D eigenvalue weighted by molar-refractivity contribution is -0.137. The van der Waals surface area contributed by atoms with E-state index in [-0.39, 0.29) is 18.4 Å². The normalized spacial score (nSPS) is 19.1. The third kappa shape index (κ3) is 3.85. The number of benzene rings is 1. The van der Waals surface area contributed by atoms with Gasteiger partial charge in [0.1, 0.15) is 5.82 Å². The fourth-order valence-electron chi connectivity index (χ4n) is 2.16. The zero-order chi connectivity index (χ0) is 14.9. The van der Waals surface area contributed by atoms with Gasteiger partial charge in [-0.3, -0.25) is 4.79 Å². The summed E-state index contributed by atoms with van der Waals surface area (Å²) in [5.41, 5.74) is -1.56. The molecule has 118 valence electrons. The minimum atomic E-state index is -4.60. The van der Waals surface area contributed by atoms with Gasteiger partial charge in [-0.25, -0.2) is 4.39 Å². The van der Waals surface area contributed by atoms with Crippen LogP contribution in [0.2, 0.25) is 0 Å². The van der Waals surface area contributed by atoms with Crippen molar-refractivity contribution in [3.05, 3.63) is 35.1 Å². The summed E-state index contributed by atoms with van der Waals surface area (Å²) in [5.74, 6) is -1.64. The van der Waals surface area contributed by atoms with Crippen molar-refractivity contribution < 1.29 is 22.4 Å². The number of hydrogen-bond acceptors (Lipinski definition) is 2. The van der Waals surface area contributed by atoms with Gasteiger partial charge in [-0.2, -0.15) is 13.2 Å². The first-order chi connectivity index (χ1) is 9.30. The molecule has 2 rings (SSSR count). The van der Waals surface area contributed by atoms with Crippen LogP contribution in [0, 0.1) is 5.82 Å². The van der Waals surface area contributed by atoms with Gasteiger partial charge in [-0.1, -0.05) is 0 Å². The average molecular weight is 327 g/mol. The predicted molar refractivity (Wildman–Crippen MR) is 72.0 cm³/mol. The van der Waals surface area contributed by atoms with Gasteiger partial charge in [-0.15, -0.1) is 12.4 Å². The number of amides is 1. The molecule has 1 aliphatic rings. The van der Waals surface area contributed by atoms with Crippen LogP contribution >= 0.6 is 12.4 Å². The van der Waals surface area contributed by atoms with Crippen molar-refractivity contribution in [2.24, 2.45) is 0 Å². The quantitative estimate of drug-likeness (QED) is 0.805. The fraction of sp³-hybridized carbons (Fsp3) is 0.462. The predicted octanol–water partition coefficient (Wildman–Crippen LogP) is 2.70. The van der Waals surface area contributed by atoms with Gasteiger partial charge in [-0.05, 0) is 25.1 Å². The van der Waals surface area contributed by atoms with Crippen molar-refractivity contribution in [2.75, 3.05) is 19.6 Å². The molecule has 0 spiro atoms. The van der Waals surface area contributed by atoms with Crippen molar-refractivity contribution in [3.63, 3.8) is 0 Å². The van der Waals surface area contributed by atoms with Gasteiger partial charge >= 0.3 is 6.18 Å². The summed E-state index contributed by atoms with van der Waals surface area (Å²) in [4.78, 5) is 13.6. The van der Waals surface area contributed by atoms with Crippen molar-refractivity contribution in [1.82, 2.24) is 10.2 Å². The Morgan fingerprint density at radius 1 is 1.38 bits per heavy atom. The monoisotopic (exact) mass is 326 g/mol. The molecule has 0 saturated carbocycles. The van der Waals surface area contributed by atoms with Crippen LogP contribution in [0.25, 0.3) is 0 Å². The molecule has 1 aliphatic heterocycles. The molecule has 0 bridgehead atoms. The Morgan fingerprint density at radius 2 is 2.05 bits per heavy atom. The second kappa shape index (κ2) is 6.62. The van der Waals surface area contributed by atoms with Crippen LogP contribution in [0.15, 0.2) is 18.2 Å². The third-order valence-electron chi connectivity index (χ3n) is 3.29. The van der Waals surface area contributed by atoms with E-state index in [0.29, 0.717) is 37.8 Å². The number of rotatable bonds is 1. The molecule has 1 N–H and O–H groups in total. The lowest BCUT2D eigenvalue weighted by atomic mass is 10.1. The van der Waals surface area contributed by atoms with E-state index in [1.165, 1.54) is 4.90 Å². The molecule has 0 radical (unpaired) electrons. The molecular formula is C13H15ClF4N2O. The van der Waals surface area contributed by atoms with Crippen LogP contribution in [-0.4, -0.2) is 36.5 Å². The van der Waals surface area contributed by atoms with Crippen LogP contribution in [-0.2, 0) is 6.18 Å². The maximum absolute atomic E-state index is 13.7. The maximum atomic E-state index is 13.7. The minimum absolute atomic E-state index is 0. The third-order valence-corrected chi connectivity index (χ3v) is 3.29. The number of carbonyl (C=O) groups excluding carboxylic acids is 1. The van der Waals surface area contributed by atoms with E-state index >= 15 is 0 Å². The lowest BCUT2D eigenvalue weighted by Crippen LogP contribution is -2.52. The Balaban J connectivity index is 0.00000220. The zero-order valence-corrected chi connectivity index (χ0v) is 12.0. The summed E-state index contributed by atoms with van der Waals surface area (Å²) in [6, 6.07) is 1.70. The summed E-state index contributed by atoms with van der Waals surface area (Å²) in [7, 11) is 0. The molecule has 3 nitrogen and oxygen atoms in total. The Morgan fingerprint density at radius 3 is 2.62 bits per heavy atom. The molecule has 21 heavy (non-hydrogen) atoms. The lowest BCUT2D eigenvalue weighted by Gasteiger charge is -2.34. The summed E-state index contributed by atoms with van der Waals surface area (Å²) < 4.78 is 51.5. The number of carbonyl (C=O) groups is 1.